The quantitative estimate of drug-likeness (QED) is 0.912. The molecule has 3 atom stereocenters. The Morgan fingerprint density at radius 1 is 1.39 bits per heavy atom. The van der Waals surface area contributed by atoms with Gasteiger partial charge in [-0.3, -0.25) is 0 Å². The van der Waals surface area contributed by atoms with Gasteiger partial charge in [-0.05, 0) is 55.7 Å². The van der Waals surface area contributed by atoms with Crippen LogP contribution in [-0.4, -0.2) is 12.6 Å². The minimum atomic E-state index is 0.368. The molecule has 0 saturated heterocycles. The van der Waals surface area contributed by atoms with E-state index in [4.69, 9.17) is 10.5 Å². The highest BCUT2D eigenvalue weighted by molar-refractivity contribution is 9.10. The fraction of sp³-hybridized carbons (Fsp3) is 0.600. The molecule has 2 rings (SSSR count). The molecule has 2 N–H and O–H groups in total. The van der Waals surface area contributed by atoms with Crippen LogP contribution < -0.4 is 10.5 Å². The lowest BCUT2D eigenvalue weighted by atomic mass is 9.78. The molecule has 0 aromatic heterocycles. The first-order valence-electron chi connectivity index (χ1n) is 6.79. The van der Waals surface area contributed by atoms with Gasteiger partial charge < -0.3 is 10.5 Å². The third-order valence-electron chi connectivity index (χ3n) is 3.86. The number of benzene rings is 1. The summed E-state index contributed by atoms with van der Waals surface area (Å²) in [5, 5.41) is 0. The fourth-order valence-corrected chi connectivity index (χ4v) is 3.12. The van der Waals surface area contributed by atoms with E-state index in [1.165, 1.54) is 19.3 Å². The maximum atomic E-state index is 6.18. The van der Waals surface area contributed by atoms with E-state index in [0.29, 0.717) is 12.0 Å². The molecule has 1 saturated carbocycles. The average molecular weight is 312 g/mol. The van der Waals surface area contributed by atoms with Gasteiger partial charge in [-0.15, -0.1) is 0 Å². The molecule has 0 heterocycles. The topological polar surface area (TPSA) is 35.2 Å². The van der Waals surface area contributed by atoms with E-state index < -0.39 is 0 Å². The Labute approximate surface area is 118 Å². The van der Waals surface area contributed by atoms with Gasteiger partial charge in [0.2, 0.25) is 0 Å². The summed E-state index contributed by atoms with van der Waals surface area (Å²) in [6.45, 7) is 3.09. The van der Waals surface area contributed by atoms with Crippen LogP contribution in [0, 0.1) is 11.8 Å². The number of nitrogens with two attached hydrogens (primary N) is 1. The van der Waals surface area contributed by atoms with Crippen LogP contribution in [0.2, 0.25) is 0 Å². The Hall–Kier alpha value is -0.540. The average Bonchev–Trinajstić information content (AvgIpc) is 2.34. The second-order valence-corrected chi connectivity index (χ2v) is 6.35. The lowest BCUT2D eigenvalue weighted by molar-refractivity contribution is 0.195. The Morgan fingerprint density at radius 2 is 2.22 bits per heavy atom. The van der Waals surface area contributed by atoms with Crippen LogP contribution in [0.4, 0.5) is 0 Å². The summed E-state index contributed by atoms with van der Waals surface area (Å²) < 4.78 is 6.85. The monoisotopic (exact) mass is 311 g/mol. The second-order valence-electron chi connectivity index (χ2n) is 5.44. The van der Waals surface area contributed by atoms with Gasteiger partial charge in [0.25, 0.3) is 0 Å². The zero-order chi connectivity index (χ0) is 13.0. The number of hydrogen-bond acceptors (Lipinski definition) is 2. The maximum Gasteiger partial charge on any atom is 0.120 e. The Morgan fingerprint density at radius 3 is 3.00 bits per heavy atom. The molecule has 2 nitrogen and oxygen atoms in total. The third kappa shape index (κ3) is 3.99. The predicted molar refractivity (Wildman–Crippen MR) is 78.7 cm³/mol. The first-order chi connectivity index (χ1) is 8.65. The summed E-state index contributed by atoms with van der Waals surface area (Å²) in [6, 6.07) is 8.36. The molecule has 1 aromatic rings. The normalized spacial score (nSPS) is 28.1. The van der Waals surface area contributed by atoms with E-state index in [2.05, 4.69) is 22.9 Å². The molecule has 3 heteroatoms. The van der Waals surface area contributed by atoms with Gasteiger partial charge in [-0.1, -0.05) is 28.9 Å². The molecule has 100 valence electrons. The zero-order valence-electron chi connectivity index (χ0n) is 10.9. The summed E-state index contributed by atoms with van der Waals surface area (Å²) in [4.78, 5) is 0. The number of rotatable bonds is 4. The van der Waals surface area contributed by atoms with Crippen molar-refractivity contribution in [1.29, 1.82) is 0 Å². The Kier molecular flexibility index (Phi) is 5.07. The van der Waals surface area contributed by atoms with E-state index in [9.17, 15) is 0 Å². The van der Waals surface area contributed by atoms with Crippen molar-refractivity contribution in [2.75, 3.05) is 6.61 Å². The zero-order valence-corrected chi connectivity index (χ0v) is 12.5. The van der Waals surface area contributed by atoms with Gasteiger partial charge >= 0.3 is 0 Å². The van der Waals surface area contributed by atoms with Crippen LogP contribution in [0.3, 0.4) is 0 Å². The molecular formula is C15H22BrNO. The number of halogens is 1. The van der Waals surface area contributed by atoms with E-state index in [-0.39, 0.29) is 0 Å². The molecule has 0 radical (unpaired) electrons. The van der Waals surface area contributed by atoms with Crippen molar-refractivity contribution in [2.24, 2.45) is 17.6 Å². The summed E-state index contributed by atoms with van der Waals surface area (Å²) in [6.07, 6.45) is 4.77. The molecule has 1 aromatic carbocycles. The van der Waals surface area contributed by atoms with Gasteiger partial charge in [0, 0.05) is 10.5 Å². The van der Waals surface area contributed by atoms with Crippen LogP contribution in [0.5, 0.6) is 5.75 Å². The molecule has 18 heavy (non-hydrogen) atoms. The van der Waals surface area contributed by atoms with Crippen LogP contribution in [0.1, 0.15) is 32.6 Å². The van der Waals surface area contributed by atoms with Crippen molar-refractivity contribution in [3.8, 4) is 5.75 Å². The van der Waals surface area contributed by atoms with Crippen molar-refractivity contribution in [2.45, 2.75) is 38.6 Å². The SMILES string of the molecule is CC1CCC(N)C(CCOc2cccc(Br)c2)C1. The molecule has 0 aliphatic heterocycles. The third-order valence-corrected chi connectivity index (χ3v) is 4.35. The van der Waals surface area contributed by atoms with Crippen molar-refractivity contribution < 1.29 is 4.74 Å². The summed E-state index contributed by atoms with van der Waals surface area (Å²) >= 11 is 3.45. The first-order valence-corrected chi connectivity index (χ1v) is 7.58. The Bertz CT molecular complexity index is 383. The molecule has 3 unspecified atom stereocenters. The first kappa shape index (κ1) is 13.9. The summed E-state index contributed by atoms with van der Waals surface area (Å²) in [7, 11) is 0. The van der Waals surface area contributed by atoms with Gasteiger partial charge in [-0.25, -0.2) is 0 Å². The molecule has 0 amide bonds. The largest absolute Gasteiger partial charge is 0.494 e. The van der Waals surface area contributed by atoms with E-state index >= 15 is 0 Å². The van der Waals surface area contributed by atoms with Gasteiger partial charge in [-0.2, -0.15) is 0 Å². The highest BCUT2D eigenvalue weighted by atomic mass is 79.9. The lowest BCUT2D eigenvalue weighted by Crippen LogP contribution is -2.36. The standard InChI is InChI=1S/C15H22BrNO/c1-11-5-6-15(17)12(9-11)7-8-18-14-4-2-3-13(16)10-14/h2-4,10-12,15H,5-9,17H2,1H3. The summed E-state index contributed by atoms with van der Waals surface area (Å²) in [5.74, 6) is 2.38. The van der Waals surface area contributed by atoms with Crippen LogP contribution >= 0.6 is 15.9 Å². The van der Waals surface area contributed by atoms with Gasteiger partial charge in [0.15, 0.2) is 0 Å². The predicted octanol–water partition coefficient (Wildman–Crippen LogP) is 3.98. The van der Waals surface area contributed by atoms with Crippen molar-refractivity contribution >= 4 is 15.9 Å². The minimum Gasteiger partial charge on any atom is -0.494 e. The van der Waals surface area contributed by atoms with Gasteiger partial charge in [0.05, 0.1) is 6.61 Å². The molecule has 1 aliphatic carbocycles. The highest BCUT2D eigenvalue weighted by Crippen LogP contribution is 2.30. The van der Waals surface area contributed by atoms with Crippen LogP contribution in [0.15, 0.2) is 28.7 Å². The van der Waals surface area contributed by atoms with Crippen molar-refractivity contribution in [3.63, 3.8) is 0 Å². The van der Waals surface area contributed by atoms with E-state index in [1.807, 2.05) is 24.3 Å². The second kappa shape index (κ2) is 6.58. The fourth-order valence-electron chi connectivity index (χ4n) is 2.74. The smallest absolute Gasteiger partial charge is 0.120 e. The van der Waals surface area contributed by atoms with Crippen LogP contribution in [-0.2, 0) is 0 Å². The Balaban J connectivity index is 1.77. The molecule has 0 spiro atoms. The lowest BCUT2D eigenvalue weighted by Gasteiger charge is -2.32. The van der Waals surface area contributed by atoms with E-state index in [0.717, 1.165) is 29.2 Å². The highest BCUT2D eigenvalue weighted by Gasteiger charge is 2.25. The molecule has 1 aliphatic rings. The minimum absolute atomic E-state index is 0.368. The molecule has 0 bridgehead atoms. The number of hydrogen-bond donors (Lipinski definition) is 1. The van der Waals surface area contributed by atoms with Crippen LogP contribution in [0.25, 0.3) is 0 Å². The van der Waals surface area contributed by atoms with Crippen molar-refractivity contribution in [1.82, 2.24) is 0 Å². The van der Waals surface area contributed by atoms with E-state index in [1.54, 1.807) is 0 Å². The van der Waals surface area contributed by atoms with Gasteiger partial charge in [0.1, 0.15) is 5.75 Å². The molecule has 1 fully saturated rings. The molecular weight excluding hydrogens is 290 g/mol. The van der Waals surface area contributed by atoms with Crippen molar-refractivity contribution in [3.05, 3.63) is 28.7 Å². The summed E-state index contributed by atoms with van der Waals surface area (Å²) in [5.41, 5.74) is 6.18. The maximum absolute atomic E-state index is 6.18. The number of ether oxygens (including phenoxy) is 1.